The lowest BCUT2D eigenvalue weighted by Crippen LogP contribution is -1.75. The van der Waals surface area contributed by atoms with Gasteiger partial charge in [0.2, 0.25) is 0 Å². The molecule has 10 heavy (non-hydrogen) atoms. The Bertz CT molecular complexity index is 235. The zero-order chi connectivity index (χ0) is 7.56. The van der Waals surface area contributed by atoms with Crippen LogP contribution in [0.25, 0.3) is 6.08 Å². The van der Waals surface area contributed by atoms with E-state index in [-0.39, 0.29) is 0 Å². The Kier molecular flexibility index (Phi) is 1.71. The highest BCUT2D eigenvalue weighted by Gasteiger charge is 2.00. The highest BCUT2D eigenvalue weighted by molar-refractivity contribution is 5.79. The Balaban J connectivity index is 3.20. The van der Waals surface area contributed by atoms with Gasteiger partial charge in [-0.1, -0.05) is 12.7 Å². The topological polar surface area (TPSA) is 37.0 Å². The second kappa shape index (κ2) is 2.52. The molecule has 2 nitrogen and oxygen atoms in total. The average molecular weight is 135 g/mol. The molecule has 0 atom stereocenters. The van der Waals surface area contributed by atoms with Crippen LogP contribution in [0.5, 0.6) is 0 Å². The molecule has 0 saturated heterocycles. The third-order valence-corrected chi connectivity index (χ3v) is 1.27. The van der Waals surface area contributed by atoms with Gasteiger partial charge in [-0.15, -0.1) is 0 Å². The predicted molar refractivity (Wildman–Crippen MR) is 41.4 cm³/mol. The van der Waals surface area contributed by atoms with E-state index in [4.69, 9.17) is 9.83 Å². The number of rotatable bonds is 2. The minimum absolute atomic E-state index is 0.576. The fourth-order valence-electron chi connectivity index (χ4n) is 0.824. The molecule has 0 aliphatic rings. The summed E-state index contributed by atoms with van der Waals surface area (Å²) in [4.78, 5) is 0. The summed E-state index contributed by atoms with van der Waals surface area (Å²) in [5.74, 6) is 1.39. The maximum atomic E-state index is 6.93. The quantitative estimate of drug-likeness (QED) is 0.620. The normalized spacial score (nSPS) is 9.30. The van der Waals surface area contributed by atoms with Gasteiger partial charge in [0.1, 0.15) is 5.76 Å². The monoisotopic (exact) mass is 135 g/mol. The van der Waals surface area contributed by atoms with Crippen LogP contribution < -0.4 is 0 Å². The zero-order valence-corrected chi connectivity index (χ0v) is 5.85. The van der Waals surface area contributed by atoms with Crippen molar-refractivity contribution in [1.29, 1.82) is 5.41 Å². The van der Waals surface area contributed by atoms with Crippen molar-refractivity contribution in [3.63, 3.8) is 0 Å². The molecule has 52 valence electrons. The Morgan fingerprint density at radius 1 is 1.70 bits per heavy atom. The largest absolute Gasteiger partial charge is 0.460 e. The first-order chi connectivity index (χ1) is 4.77. The van der Waals surface area contributed by atoms with Crippen molar-refractivity contribution in [1.82, 2.24) is 0 Å². The highest BCUT2D eigenvalue weighted by atomic mass is 16.3. The molecule has 0 radical (unpaired) electrons. The van der Waals surface area contributed by atoms with E-state index < -0.39 is 0 Å². The predicted octanol–water partition coefficient (Wildman–Crippen LogP) is 2.23. The Hall–Kier alpha value is -1.31. The van der Waals surface area contributed by atoms with Gasteiger partial charge in [-0.2, -0.15) is 0 Å². The van der Waals surface area contributed by atoms with Gasteiger partial charge < -0.3 is 9.83 Å². The van der Waals surface area contributed by atoms with E-state index in [9.17, 15) is 0 Å². The molecule has 1 aromatic rings. The molecular formula is C8H9NO. The van der Waals surface area contributed by atoms with Crippen molar-refractivity contribution >= 4 is 12.3 Å². The Morgan fingerprint density at radius 3 is 2.80 bits per heavy atom. The minimum atomic E-state index is 0.576. The van der Waals surface area contributed by atoms with Crippen LogP contribution in [-0.2, 0) is 0 Å². The van der Waals surface area contributed by atoms with Crippen LogP contribution in [-0.4, -0.2) is 6.21 Å². The Morgan fingerprint density at radius 2 is 2.40 bits per heavy atom. The second-order valence-electron chi connectivity index (χ2n) is 2.03. The van der Waals surface area contributed by atoms with E-state index >= 15 is 0 Å². The van der Waals surface area contributed by atoms with Crippen LogP contribution in [0, 0.1) is 12.3 Å². The molecule has 0 unspecified atom stereocenters. The van der Waals surface area contributed by atoms with Crippen molar-refractivity contribution in [2.75, 3.05) is 0 Å². The summed E-state index contributed by atoms with van der Waals surface area (Å²) in [5.41, 5.74) is 0.882. The molecule has 2 heteroatoms. The van der Waals surface area contributed by atoms with Crippen LogP contribution >= 0.6 is 0 Å². The van der Waals surface area contributed by atoms with E-state index in [0.717, 1.165) is 11.3 Å². The third-order valence-electron chi connectivity index (χ3n) is 1.27. The average Bonchev–Trinajstić information content (AvgIpc) is 2.30. The van der Waals surface area contributed by atoms with Crippen LogP contribution in [0.2, 0.25) is 0 Å². The molecule has 0 saturated carbocycles. The summed E-state index contributed by atoms with van der Waals surface area (Å²) in [6.07, 6.45) is 2.86. The molecule has 0 aromatic carbocycles. The summed E-state index contributed by atoms with van der Waals surface area (Å²) >= 11 is 0. The standard InChI is InChI=1S/C8H9NO/c1-3-7-4-6(2)10-8(7)5-9/h3-5,9H,1H2,2H3. The number of hydrogen-bond donors (Lipinski definition) is 1. The first kappa shape index (κ1) is 6.81. The Labute approximate surface area is 59.7 Å². The van der Waals surface area contributed by atoms with E-state index in [2.05, 4.69) is 6.58 Å². The molecule has 0 amide bonds. The maximum absolute atomic E-state index is 6.93. The van der Waals surface area contributed by atoms with Crippen LogP contribution in [0.15, 0.2) is 17.1 Å². The van der Waals surface area contributed by atoms with E-state index in [1.165, 1.54) is 6.21 Å². The van der Waals surface area contributed by atoms with Gasteiger partial charge in [0.15, 0.2) is 5.76 Å². The van der Waals surface area contributed by atoms with E-state index in [1.54, 1.807) is 6.08 Å². The van der Waals surface area contributed by atoms with E-state index in [1.807, 2.05) is 13.0 Å². The highest BCUT2D eigenvalue weighted by Crippen LogP contribution is 2.13. The number of nitrogens with one attached hydrogen (secondary N) is 1. The lowest BCUT2D eigenvalue weighted by atomic mass is 10.2. The molecule has 0 aliphatic heterocycles. The molecule has 0 fully saturated rings. The summed E-state index contributed by atoms with van der Waals surface area (Å²) in [5, 5.41) is 6.93. The lowest BCUT2D eigenvalue weighted by molar-refractivity contribution is 0.527. The molecule has 0 bridgehead atoms. The maximum Gasteiger partial charge on any atom is 0.151 e. The molecule has 1 aromatic heterocycles. The first-order valence-electron chi connectivity index (χ1n) is 3.01. The number of hydrogen-bond acceptors (Lipinski definition) is 2. The molecule has 1 heterocycles. The van der Waals surface area contributed by atoms with Gasteiger partial charge in [0.05, 0.1) is 6.21 Å². The summed E-state index contributed by atoms with van der Waals surface area (Å²) < 4.78 is 5.14. The van der Waals surface area contributed by atoms with Crippen LogP contribution in [0.4, 0.5) is 0 Å². The summed E-state index contributed by atoms with van der Waals surface area (Å²) in [7, 11) is 0. The van der Waals surface area contributed by atoms with Crippen molar-refractivity contribution in [3.05, 3.63) is 29.7 Å². The fourth-order valence-corrected chi connectivity index (χ4v) is 0.824. The zero-order valence-electron chi connectivity index (χ0n) is 5.85. The number of aryl methyl sites for hydroxylation is 1. The lowest BCUT2D eigenvalue weighted by Gasteiger charge is -1.83. The minimum Gasteiger partial charge on any atom is -0.460 e. The van der Waals surface area contributed by atoms with E-state index in [0.29, 0.717) is 5.76 Å². The molecule has 0 aliphatic carbocycles. The van der Waals surface area contributed by atoms with Crippen molar-refractivity contribution < 1.29 is 4.42 Å². The van der Waals surface area contributed by atoms with Gasteiger partial charge in [-0.05, 0) is 13.0 Å². The van der Waals surface area contributed by atoms with Crippen LogP contribution in [0.3, 0.4) is 0 Å². The first-order valence-corrected chi connectivity index (χ1v) is 3.01. The van der Waals surface area contributed by atoms with Gasteiger partial charge in [0, 0.05) is 5.56 Å². The van der Waals surface area contributed by atoms with Gasteiger partial charge in [-0.25, -0.2) is 0 Å². The molecule has 0 spiro atoms. The fraction of sp³-hybridized carbons (Fsp3) is 0.125. The third kappa shape index (κ3) is 1.00. The molecular weight excluding hydrogens is 126 g/mol. The van der Waals surface area contributed by atoms with Crippen molar-refractivity contribution in [2.45, 2.75) is 6.92 Å². The number of furan rings is 1. The van der Waals surface area contributed by atoms with Crippen LogP contribution in [0.1, 0.15) is 17.1 Å². The smallest absolute Gasteiger partial charge is 0.151 e. The van der Waals surface area contributed by atoms with Gasteiger partial charge in [-0.3, -0.25) is 0 Å². The second-order valence-corrected chi connectivity index (χ2v) is 2.03. The molecule has 1 N–H and O–H groups in total. The summed E-state index contributed by atoms with van der Waals surface area (Å²) in [6.45, 7) is 5.44. The SMILES string of the molecule is C=Cc1cc(C)oc1C=N. The van der Waals surface area contributed by atoms with Gasteiger partial charge in [0.25, 0.3) is 0 Å². The van der Waals surface area contributed by atoms with Crippen molar-refractivity contribution in [2.24, 2.45) is 0 Å². The van der Waals surface area contributed by atoms with Crippen molar-refractivity contribution in [3.8, 4) is 0 Å². The molecule has 1 rings (SSSR count). The summed E-state index contributed by atoms with van der Waals surface area (Å²) in [6, 6.07) is 1.85. The van der Waals surface area contributed by atoms with Gasteiger partial charge >= 0.3 is 0 Å².